The predicted octanol–water partition coefficient (Wildman–Crippen LogP) is 3.36. The molecule has 2 rings (SSSR count). The van der Waals surface area contributed by atoms with Crippen LogP contribution in [0.4, 0.5) is 0 Å². The SMILES string of the molecule is CC1(C)CCc2nc(Br)ccc2C1. The van der Waals surface area contributed by atoms with Crippen LogP contribution < -0.4 is 0 Å². The fourth-order valence-electron chi connectivity index (χ4n) is 1.94. The summed E-state index contributed by atoms with van der Waals surface area (Å²) in [5, 5.41) is 0. The average molecular weight is 240 g/mol. The molecule has 13 heavy (non-hydrogen) atoms. The molecule has 0 saturated heterocycles. The number of fused-ring (bicyclic) bond motifs is 1. The van der Waals surface area contributed by atoms with E-state index in [1.807, 2.05) is 6.07 Å². The third-order valence-electron chi connectivity index (χ3n) is 2.74. The van der Waals surface area contributed by atoms with Crippen molar-refractivity contribution >= 4 is 15.9 Å². The minimum atomic E-state index is 0.461. The van der Waals surface area contributed by atoms with E-state index in [4.69, 9.17) is 0 Å². The van der Waals surface area contributed by atoms with Crippen molar-refractivity contribution in [1.82, 2.24) is 4.98 Å². The number of halogens is 1. The molecule has 1 aromatic rings. The molecule has 0 saturated carbocycles. The van der Waals surface area contributed by atoms with Crippen molar-refractivity contribution in [3.8, 4) is 0 Å². The molecule has 0 radical (unpaired) electrons. The van der Waals surface area contributed by atoms with Crippen LogP contribution in [-0.4, -0.2) is 4.98 Å². The van der Waals surface area contributed by atoms with Crippen molar-refractivity contribution in [2.75, 3.05) is 0 Å². The molecule has 0 fully saturated rings. The third kappa shape index (κ3) is 1.93. The van der Waals surface area contributed by atoms with Gasteiger partial charge in [-0.25, -0.2) is 4.98 Å². The number of hydrogen-bond acceptors (Lipinski definition) is 1. The predicted molar refractivity (Wildman–Crippen MR) is 57.7 cm³/mol. The molecule has 0 spiro atoms. The molecule has 0 aliphatic heterocycles. The highest BCUT2D eigenvalue weighted by Crippen LogP contribution is 2.34. The van der Waals surface area contributed by atoms with Crippen LogP contribution in [0.15, 0.2) is 16.7 Å². The minimum Gasteiger partial charge on any atom is -0.246 e. The highest BCUT2D eigenvalue weighted by Gasteiger charge is 2.25. The number of aromatic nitrogens is 1. The van der Waals surface area contributed by atoms with Crippen LogP contribution in [0.5, 0.6) is 0 Å². The first-order valence-electron chi connectivity index (χ1n) is 4.71. The summed E-state index contributed by atoms with van der Waals surface area (Å²) in [6.45, 7) is 4.66. The molecule has 0 aromatic carbocycles. The van der Waals surface area contributed by atoms with E-state index >= 15 is 0 Å². The van der Waals surface area contributed by atoms with Crippen molar-refractivity contribution < 1.29 is 0 Å². The summed E-state index contributed by atoms with van der Waals surface area (Å²) in [7, 11) is 0. The Kier molecular flexibility index (Phi) is 2.18. The minimum absolute atomic E-state index is 0.461. The van der Waals surface area contributed by atoms with E-state index in [2.05, 4.69) is 40.8 Å². The number of pyridine rings is 1. The second-order valence-corrected chi connectivity index (χ2v) is 5.39. The van der Waals surface area contributed by atoms with Crippen molar-refractivity contribution in [3.63, 3.8) is 0 Å². The Morgan fingerprint density at radius 1 is 1.38 bits per heavy atom. The van der Waals surface area contributed by atoms with E-state index in [1.165, 1.54) is 24.1 Å². The van der Waals surface area contributed by atoms with E-state index in [0.29, 0.717) is 5.41 Å². The van der Waals surface area contributed by atoms with Gasteiger partial charge < -0.3 is 0 Å². The number of rotatable bonds is 0. The quantitative estimate of drug-likeness (QED) is 0.633. The summed E-state index contributed by atoms with van der Waals surface area (Å²) in [6.07, 6.45) is 3.55. The summed E-state index contributed by atoms with van der Waals surface area (Å²) in [5.74, 6) is 0. The van der Waals surface area contributed by atoms with Gasteiger partial charge in [0.1, 0.15) is 4.60 Å². The lowest BCUT2D eigenvalue weighted by Gasteiger charge is -2.30. The summed E-state index contributed by atoms with van der Waals surface area (Å²) >= 11 is 3.41. The van der Waals surface area contributed by atoms with E-state index in [-0.39, 0.29) is 0 Å². The topological polar surface area (TPSA) is 12.9 Å². The number of nitrogens with zero attached hydrogens (tertiary/aromatic N) is 1. The van der Waals surface area contributed by atoms with E-state index in [9.17, 15) is 0 Å². The highest BCUT2D eigenvalue weighted by atomic mass is 79.9. The fraction of sp³-hybridized carbons (Fsp3) is 0.545. The first-order valence-corrected chi connectivity index (χ1v) is 5.50. The van der Waals surface area contributed by atoms with Crippen LogP contribution in [0.25, 0.3) is 0 Å². The smallest absolute Gasteiger partial charge is 0.106 e. The first-order chi connectivity index (χ1) is 6.07. The molecular weight excluding hydrogens is 226 g/mol. The summed E-state index contributed by atoms with van der Waals surface area (Å²) in [6, 6.07) is 4.24. The molecule has 0 N–H and O–H groups in total. The molecule has 1 aliphatic rings. The molecule has 70 valence electrons. The van der Waals surface area contributed by atoms with Crippen LogP contribution in [0.2, 0.25) is 0 Å². The lowest BCUT2D eigenvalue weighted by Crippen LogP contribution is -2.22. The maximum atomic E-state index is 4.50. The van der Waals surface area contributed by atoms with Gasteiger partial charge in [0.05, 0.1) is 0 Å². The maximum Gasteiger partial charge on any atom is 0.106 e. The van der Waals surface area contributed by atoms with Crippen molar-refractivity contribution in [2.24, 2.45) is 5.41 Å². The lowest BCUT2D eigenvalue weighted by atomic mass is 9.76. The van der Waals surface area contributed by atoms with Crippen molar-refractivity contribution in [3.05, 3.63) is 28.0 Å². The zero-order valence-corrected chi connectivity index (χ0v) is 9.69. The number of aryl methyl sites for hydroxylation is 1. The van der Waals surface area contributed by atoms with Crippen molar-refractivity contribution in [2.45, 2.75) is 33.1 Å². The zero-order valence-electron chi connectivity index (χ0n) is 8.10. The molecular formula is C11H14BrN. The van der Waals surface area contributed by atoms with Crippen LogP contribution in [0.1, 0.15) is 31.5 Å². The van der Waals surface area contributed by atoms with E-state index < -0.39 is 0 Å². The zero-order chi connectivity index (χ0) is 9.47. The fourth-order valence-corrected chi connectivity index (χ4v) is 2.29. The van der Waals surface area contributed by atoms with Crippen LogP contribution in [-0.2, 0) is 12.8 Å². The largest absolute Gasteiger partial charge is 0.246 e. The second-order valence-electron chi connectivity index (χ2n) is 4.58. The molecule has 0 unspecified atom stereocenters. The standard InChI is InChI=1S/C11H14BrN/c1-11(2)6-5-9-8(7-11)3-4-10(12)13-9/h3-4H,5-7H2,1-2H3. The second kappa shape index (κ2) is 3.09. The molecule has 0 amide bonds. The van der Waals surface area contributed by atoms with Gasteiger partial charge in [-0.1, -0.05) is 19.9 Å². The molecule has 0 bridgehead atoms. The van der Waals surface area contributed by atoms with Gasteiger partial charge in [0.25, 0.3) is 0 Å². The normalized spacial score (nSPS) is 19.6. The monoisotopic (exact) mass is 239 g/mol. The lowest BCUT2D eigenvalue weighted by molar-refractivity contribution is 0.312. The molecule has 0 atom stereocenters. The number of hydrogen-bond donors (Lipinski definition) is 0. The van der Waals surface area contributed by atoms with Crippen LogP contribution in [0.3, 0.4) is 0 Å². The van der Waals surface area contributed by atoms with Gasteiger partial charge in [0, 0.05) is 5.69 Å². The molecule has 2 heteroatoms. The van der Waals surface area contributed by atoms with Gasteiger partial charge in [-0.3, -0.25) is 0 Å². The Morgan fingerprint density at radius 2 is 2.15 bits per heavy atom. The Morgan fingerprint density at radius 3 is 2.92 bits per heavy atom. The first kappa shape index (κ1) is 9.20. The molecule has 1 nitrogen and oxygen atoms in total. The maximum absolute atomic E-state index is 4.50. The Bertz CT molecular complexity index is 331. The Hall–Kier alpha value is -0.370. The Labute approximate surface area is 87.7 Å². The van der Waals surface area contributed by atoms with Gasteiger partial charge in [-0.15, -0.1) is 0 Å². The summed E-state index contributed by atoms with van der Waals surface area (Å²) in [5.41, 5.74) is 3.18. The molecule has 1 aromatic heterocycles. The van der Waals surface area contributed by atoms with E-state index in [0.717, 1.165) is 11.0 Å². The molecule has 1 heterocycles. The average Bonchev–Trinajstić information content (AvgIpc) is 2.05. The molecule has 1 aliphatic carbocycles. The van der Waals surface area contributed by atoms with Crippen LogP contribution in [0, 0.1) is 5.41 Å². The van der Waals surface area contributed by atoms with E-state index in [1.54, 1.807) is 0 Å². The third-order valence-corrected chi connectivity index (χ3v) is 3.18. The van der Waals surface area contributed by atoms with Gasteiger partial charge in [0.2, 0.25) is 0 Å². The van der Waals surface area contributed by atoms with Gasteiger partial charge in [-0.2, -0.15) is 0 Å². The van der Waals surface area contributed by atoms with Gasteiger partial charge in [0.15, 0.2) is 0 Å². The Balaban J connectivity index is 2.37. The summed E-state index contributed by atoms with van der Waals surface area (Å²) < 4.78 is 0.964. The van der Waals surface area contributed by atoms with Gasteiger partial charge >= 0.3 is 0 Å². The summed E-state index contributed by atoms with van der Waals surface area (Å²) in [4.78, 5) is 4.50. The van der Waals surface area contributed by atoms with Gasteiger partial charge in [-0.05, 0) is 52.2 Å². The van der Waals surface area contributed by atoms with Crippen molar-refractivity contribution in [1.29, 1.82) is 0 Å². The van der Waals surface area contributed by atoms with Crippen LogP contribution >= 0.6 is 15.9 Å². The highest BCUT2D eigenvalue weighted by molar-refractivity contribution is 9.10.